The first-order valence-corrected chi connectivity index (χ1v) is 11.1. The van der Waals surface area contributed by atoms with Crippen molar-refractivity contribution in [2.45, 2.75) is 38.5 Å². The van der Waals surface area contributed by atoms with E-state index in [9.17, 15) is 9.59 Å². The van der Waals surface area contributed by atoms with Crippen molar-refractivity contribution in [3.05, 3.63) is 57.8 Å². The van der Waals surface area contributed by atoms with E-state index in [0.717, 1.165) is 51.0 Å². The average molecular weight is 414 g/mol. The van der Waals surface area contributed by atoms with Gasteiger partial charge in [-0.15, -0.1) is 11.3 Å². The Kier molecular flexibility index (Phi) is 6.46. The smallest absolute Gasteiger partial charge is 0.407 e. The van der Waals surface area contributed by atoms with Gasteiger partial charge in [0.1, 0.15) is 13.2 Å². The van der Waals surface area contributed by atoms with Gasteiger partial charge in [0, 0.05) is 37.1 Å². The van der Waals surface area contributed by atoms with Gasteiger partial charge in [-0.25, -0.2) is 4.79 Å². The summed E-state index contributed by atoms with van der Waals surface area (Å²) < 4.78 is 5.16. The van der Waals surface area contributed by atoms with E-state index < -0.39 is 6.09 Å². The first-order valence-electron chi connectivity index (χ1n) is 10.2. The Balaban J connectivity index is 1.16. The number of thiophene rings is 1. The number of piperidine rings is 1. The van der Waals surface area contributed by atoms with E-state index in [0.29, 0.717) is 6.04 Å². The molecule has 0 unspecified atom stereocenters. The average Bonchev–Trinajstić information content (AvgIpc) is 3.25. The fraction of sp³-hybridized carbons (Fsp3) is 0.455. The largest absolute Gasteiger partial charge is 0.445 e. The van der Waals surface area contributed by atoms with Crippen molar-refractivity contribution < 1.29 is 14.3 Å². The van der Waals surface area contributed by atoms with Crippen LogP contribution in [0.15, 0.2) is 41.8 Å². The molecule has 2 aliphatic rings. The van der Waals surface area contributed by atoms with E-state index in [1.165, 1.54) is 10.4 Å². The lowest BCUT2D eigenvalue weighted by molar-refractivity contribution is -0.131. The van der Waals surface area contributed by atoms with Crippen LogP contribution in [0.3, 0.4) is 0 Å². The molecule has 2 amide bonds. The van der Waals surface area contributed by atoms with E-state index in [4.69, 9.17) is 4.74 Å². The van der Waals surface area contributed by atoms with Crippen LogP contribution in [-0.2, 0) is 29.1 Å². The van der Waals surface area contributed by atoms with E-state index in [1.807, 2.05) is 46.6 Å². The normalized spacial score (nSPS) is 17.6. The number of benzene rings is 1. The van der Waals surface area contributed by atoms with Crippen molar-refractivity contribution in [1.82, 2.24) is 15.1 Å². The minimum absolute atomic E-state index is 0.0136. The molecule has 1 saturated heterocycles. The van der Waals surface area contributed by atoms with Crippen LogP contribution in [-0.4, -0.2) is 54.0 Å². The van der Waals surface area contributed by atoms with E-state index in [1.54, 1.807) is 0 Å². The maximum atomic E-state index is 12.4. The molecule has 1 N–H and O–H groups in total. The lowest BCUT2D eigenvalue weighted by atomic mass is 9.99. The van der Waals surface area contributed by atoms with Crippen molar-refractivity contribution in [3.63, 3.8) is 0 Å². The fourth-order valence-electron chi connectivity index (χ4n) is 4.10. The summed E-state index contributed by atoms with van der Waals surface area (Å²) in [6.45, 7) is 3.83. The molecule has 0 radical (unpaired) electrons. The monoisotopic (exact) mass is 413 g/mol. The van der Waals surface area contributed by atoms with Crippen LogP contribution in [0, 0.1) is 0 Å². The van der Waals surface area contributed by atoms with Gasteiger partial charge < -0.3 is 15.0 Å². The summed E-state index contributed by atoms with van der Waals surface area (Å²) in [5.74, 6) is -0.0427. The third kappa shape index (κ3) is 5.16. The molecular weight excluding hydrogens is 386 g/mol. The van der Waals surface area contributed by atoms with Crippen LogP contribution in [0.25, 0.3) is 0 Å². The quantitative estimate of drug-likeness (QED) is 0.819. The molecule has 0 bridgehead atoms. The highest BCUT2D eigenvalue weighted by molar-refractivity contribution is 7.10. The number of nitrogens with zero attached hydrogens (tertiary/aromatic N) is 2. The molecule has 1 aromatic heterocycles. The first-order chi connectivity index (χ1) is 14.2. The van der Waals surface area contributed by atoms with Gasteiger partial charge in [-0.05, 0) is 41.8 Å². The third-order valence-electron chi connectivity index (χ3n) is 5.77. The highest BCUT2D eigenvalue weighted by atomic mass is 32.1. The topological polar surface area (TPSA) is 61.9 Å². The molecule has 4 rings (SSSR count). The Labute approximate surface area is 175 Å². The van der Waals surface area contributed by atoms with E-state index >= 15 is 0 Å². The SMILES string of the molecule is O=C(NCC(=O)N1CCC(N2CCc3sccc3C2)CC1)OCc1ccccc1. The first kappa shape index (κ1) is 19.9. The minimum atomic E-state index is -0.558. The van der Waals surface area contributed by atoms with Crippen LogP contribution >= 0.6 is 11.3 Å². The lowest BCUT2D eigenvalue weighted by Gasteiger charge is -2.40. The van der Waals surface area contributed by atoms with Crippen LogP contribution in [0.5, 0.6) is 0 Å². The van der Waals surface area contributed by atoms with Crippen LogP contribution in [0.4, 0.5) is 4.79 Å². The number of fused-ring (bicyclic) bond motifs is 1. The highest BCUT2D eigenvalue weighted by Gasteiger charge is 2.29. The molecule has 1 fully saturated rings. The van der Waals surface area contributed by atoms with Gasteiger partial charge in [0.15, 0.2) is 0 Å². The molecule has 2 aromatic rings. The molecule has 0 atom stereocenters. The molecule has 0 saturated carbocycles. The number of hydrogen-bond donors (Lipinski definition) is 1. The summed E-state index contributed by atoms with van der Waals surface area (Å²) >= 11 is 1.86. The maximum Gasteiger partial charge on any atom is 0.407 e. The molecule has 7 heteroatoms. The molecule has 0 aliphatic carbocycles. The van der Waals surface area contributed by atoms with Gasteiger partial charge in [-0.2, -0.15) is 0 Å². The number of nitrogens with one attached hydrogen (secondary N) is 1. The number of ether oxygens (including phenoxy) is 1. The molecule has 3 heterocycles. The summed E-state index contributed by atoms with van der Waals surface area (Å²) in [5, 5.41) is 4.76. The second-order valence-electron chi connectivity index (χ2n) is 7.62. The maximum absolute atomic E-state index is 12.4. The Morgan fingerprint density at radius 3 is 2.69 bits per heavy atom. The van der Waals surface area contributed by atoms with Crippen molar-refractivity contribution in [2.24, 2.45) is 0 Å². The Hall–Kier alpha value is -2.38. The van der Waals surface area contributed by atoms with Crippen LogP contribution in [0.1, 0.15) is 28.8 Å². The van der Waals surface area contributed by atoms with Crippen LogP contribution in [0.2, 0.25) is 0 Å². The minimum Gasteiger partial charge on any atom is -0.445 e. The molecule has 2 aliphatic heterocycles. The van der Waals surface area contributed by atoms with Crippen molar-refractivity contribution in [1.29, 1.82) is 0 Å². The summed E-state index contributed by atoms with van der Waals surface area (Å²) in [6.07, 6.45) is 2.56. The van der Waals surface area contributed by atoms with Crippen molar-refractivity contribution >= 4 is 23.3 Å². The zero-order valence-electron chi connectivity index (χ0n) is 16.5. The molecule has 154 valence electrons. The summed E-state index contributed by atoms with van der Waals surface area (Å²) in [5.41, 5.74) is 2.39. The third-order valence-corrected chi connectivity index (χ3v) is 6.79. The van der Waals surface area contributed by atoms with Crippen molar-refractivity contribution in [2.75, 3.05) is 26.2 Å². The number of amides is 2. The molecular formula is C22H27N3O3S. The van der Waals surface area contributed by atoms with Gasteiger partial charge in [0.25, 0.3) is 0 Å². The van der Waals surface area contributed by atoms with E-state index in [2.05, 4.69) is 21.7 Å². The summed E-state index contributed by atoms with van der Waals surface area (Å²) in [4.78, 5) is 30.2. The number of rotatable bonds is 5. The summed E-state index contributed by atoms with van der Waals surface area (Å²) in [6, 6.07) is 12.3. The number of alkyl carbamates (subject to hydrolysis) is 1. The second-order valence-corrected chi connectivity index (χ2v) is 8.62. The number of carbonyl (C=O) groups is 2. The van der Waals surface area contributed by atoms with Gasteiger partial charge >= 0.3 is 6.09 Å². The Bertz CT molecular complexity index is 831. The highest BCUT2D eigenvalue weighted by Crippen LogP contribution is 2.28. The fourth-order valence-corrected chi connectivity index (χ4v) is 4.99. The summed E-state index contributed by atoms with van der Waals surface area (Å²) in [7, 11) is 0. The molecule has 0 spiro atoms. The zero-order valence-corrected chi connectivity index (χ0v) is 17.3. The van der Waals surface area contributed by atoms with Crippen LogP contribution < -0.4 is 5.32 Å². The molecule has 6 nitrogen and oxygen atoms in total. The lowest BCUT2D eigenvalue weighted by Crippen LogP contribution is -2.49. The number of hydrogen-bond acceptors (Lipinski definition) is 5. The molecule has 1 aromatic carbocycles. The second kappa shape index (κ2) is 9.41. The standard InChI is InChI=1S/C22H27N3O3S/c26-21(14-23-22(27)28-16-17-4-2-1-3-5-17)24-10-6-19(7-11-24)25-12-8-20-18(15-25)9-13-29-20/h1-5,9,13,19H,6-8,10-12,14-16H2,(H,23,27). The predicted molar refractivity (Wildman–Crippen MR) is 113 cm³/mol. The van der Waals surface area contributed by atoms with Crippen molar-refractivity contribution in [3.8, 4) is 0 Å². The number of likely N-dealkylation sites (tertiary alicyclic amines) is 1. The predicted octanol–water partition coefficient (Wildman–Crippen LogP) is 3.02. The molecule has 29 heavy (non-hydrogen) atoms. The van der Waals surface area contributed by atoms with Gasteiger partial charge in [0.05, 0.1) is 0 Å². The zero-order chi connectivity index (χ0) is 20.1. The van der Waals surface area contributed by atoms with Gasteiger partial charge in [0.2, 0.25) is 5.91 Å². The van der Waals surface area contributed by atoms with Gasteiger partial charge in [-0.1, -0.05) is 30.3 Å². The van der Waals surface area contributed by atoms with E-state index in [-0.39, 0.29) is 19.1 Å². The Morgan fingerprint density at radius 2 is 1.90 bits per heavy atom. The van der Waals surface area contributed by atoms with Gasteiger partial charge in [-0.3, -0.25) is 9.69 Å². The Morgan fingerprint density at radius 1 is 1.10 bits per heavy atom. The number of carbonyl (C=O) groups excluding carboxylic acids is 2.